The number of hydrogen-bond donors (Lipinski definition) is 0. The molecule has 0 aromatic heterocycles. The Morgan fingerprint density at radius 1 is 1.03 bits per heavy atom. The van der Waals surface area contributed by atoms with Gasteiger partial charge in [0.1, 0.15) is 0 Å². The largest absolute Gasteiger partial charge is 0.368 e. The highest BCUT2D eigenvalue weighted by Crippen LogP contribution is 2.20. The minimum absolute atomic E-state index is 0.0543. The molecule has 29 heavy (non-hydrogen) atoms. The Hall–Kier alpha value is -2.13. The fourth-order valence-electron chi connectivity index (χ4n) is 3.84. The van der Waals surface area contributed by atoms with Crippen molar-refractivity contribution in [1.29, 1.82) is 0 Å². The van der Waals surface area contributed by atoms with Crippen LogP contribution < -0.4 is 4.90 Å². The van der Waals surface area contributed by atoms with E-state index in [0.29, 0.717) is 45.7 Å². The summed E-state index contributed by atoms with van der Waals surface area (Å²) in [6.45, 7) is 3.21. The van der Waals surface area contributed by atoms with Crippen molar-refractivity contribution in [2.75, 3.05) is 69.8 Å². The molecule has 2 fully saturated rings. The second-order valence-corrected chi connectivity index (χ2v) is 10.2. The molecule has 2 saturated heterocycles. The van der Waals surface area contributed by atoms with Crippen molar-refractivity contribution in [2.45, 2.75) is 12.5 Å². The molecule has 0 spiro atoms. The summed E-state index contributed by atoms with van der Waals surface area (Å²) in [5, 5.41) is 0. The average Bonchev–Trinajstić information content (AvgIpc) is 3.07. The third-order valence-electron chi connectivity index (χ3n) is 5.57. The molecule has 0 bridgehead atoms. The highest BCUT2D eigenvalue weighted by atomic mass is 32.2. The van der Waals surface area contributed by atoms with Crippen LogP contribution in [0.4, 0.5) is 5.69 Å². The number of para-hydroxylation sites is 1. The number of anilines is 1. The zero-order valence-corrected chi connectivity index (χ0v) is 18.0. The standard InChI is InChI=1S/C20H30N4O4S/c1-21(2)9-14-24(18-8-15-29(27,28)16-18)20(26)19(25)23-12-10-22(11-13-23)17-6-4-3-5-7-17/h3-7,18H,8-16H2,1-2H3. The van der Waals surface area contributed by atoms with Crippen LogP contribution in [-0.2, 0) is 19.4 Å². The minimum Gasteiger partial charge on any atom is -0.368 e. The number of likely N-dealkylation sites (N-methyl/N-ethyl adjacent to an activating group) is 1. The Balaban J connectivity index is 1.63. The summed E-state index contributed by atoms with van der Waals surface area (Å²) in [6.07, 6.45) is 0.399. The van der Waals surface area contributed by atoms with Gasteiger partial charge in [0.2, 0.25) is 0 Å². The van der Waals surface area contributed by atoms with E-state index in [9.17, 15) is 18.0 Å². The maximum absolute atomic E-state index is 13.0. The van der Waals surface area contributed by atoms with Gasteiger partial charge in [-0.1, -0.05) is 18.2 Å². The first-order valence-corrected chi connectivity index (χ1v) is 11.8. The predicted octanol–water partition coefficient (Wildman–Crippen LogP) is -0.0875. The van der Waals surface area contributed by atoms with E-state index in [0.717, 1.165) is 5.69 Å². The molecule has 0 saturated carbocycles. The third-order valence-corrected chi connectivity index (χ3v) is 7.32. The molecule has 0 radical (unpaired) electrons. The van der Waals surface area contributed by atoms with Gasteiger partial charge in [0, 0.05) is 51.0 Å². The van der Waals surface area contributed by atoms with Gasteiger partial charge in [-0.2, -0.15) is 0 Å². The lowest BCUT2D eigenvalue weighted by atomic mass is 10.2. The van der Waals surface area contributed by atoms with Gasteiger partial charge in [0.15, 0.2) is 9.84 Å². The first kappa shape index (κ1) is 21.6. The average molecular weight is 423 g/mol. The van der Waals surface area contributed by atoms with Gasteiger partial charge in [-0.25, -0.2) is 8.42 Å². The van der Waals surface area contributed by atoms with Crippen LogP contribution in [-0.4, -0.2) is 106 Å². The van der Waals surface area contributed by atoms with Crippen LogP contribution in [0.5, 0.6) is 0 Å². The molecule has 1 aromatic rings. The molecule has 2 aliphatic heterocycles. The number of sulfone groups is 1. The fraction of sp³-hybridized carbons (Fsp3) is 0.600. The molecule has 2 aliphatic rings. The topological polar surface area (TPSA) is 81.2 Å². The van der Waals surface area contributed by atoms with Gasteiger partial charge >= 0.3 is 11.8 Å². The zero-order valence-electron chi connectivity index (χ0n) is 17.2. The highest BCUT2D eigenvalue weighted by molar-refractivity contribution is 7.91. The van der Waals surface area contributed by atoms with Crippen LogP contribution >= 0.6 is 0 Å². The van der Waals surface area contributed by atoms with Crippen LogP contribution in [0.25, 0.3) is 0 Å². The summed E-state index contributed by atoms with van der Waals surface area (Å²) in [5.74, 6) is -1.09. The lowest BCUT2D eigenvalue weighted by Gasteiger charge is -2.37. The molecule has 1 atom stereocenters. The number of amides is 2. The summed E-state index contributed by atoms with van der Waals surface area (Å²) >= 11 is 0. The predicted molar refractivity (Wildman–Crippen MR) is 113 cm³/mol. The molecule has 1 aromatic carbocycles. The van der Waals surface area contributed by atoms with Crippen molar-refractivity contribution in [3.63, 3.8) is 0 Å². The summed E-state index contributed by atoms with van der Waals surface area (Å²) < 4.78 is 23.8. The Kier molecular flexibility index (Phi) is 6.79. The summed E-state index contributed by atoms with van der Waals surface area (Å²) in [7, 11) is 0.635. The van der Waals surface area contributed by atoms with Crippen LogP contribution in [0.15, 0.2) is 30.3 Å². The van der Waals surface area contributed by atoms with Crippen molar-refractivity contribution >= 4 is 27.3 Å². The van der Waals surface area contributed by atoms with E-state index >= 15 is 0 Å². The van der Waals surface area contributed by atoms with E-state index < -0.39 is 27.7 Å². The third kappa shape index (κ3) is 5.48. The second-order valence-electron chi connectivity index (χ2n) is 7.97. The normalized spacial score (nSPS) is 21.4. The van der Waals surface area contributed by atoms with Crippen LogP contribution in [0.2, 0.25) is 0 Å². The fourth-order valence-corrected chi connectivity index (χ4v) is 5.57. The molecule has 8 nitrogen and oxygen atoms in total. The monoisotopic (exact) mass is 422 g/mol. The van der Waals surface area contributed by atoms with Crippen LogP contribution in [0, 0.1) is 0 Å². The molecule has 3 rings (SSSR count). The van der Waals surface area contributed by atoms with E-state index in [4.69, 9.17) is 0 Å². The smallest absolute Gasteiger partial charge is 0.312 e. The number of rotatable bonds is 5. The Bertz CT molecular complexity index is 820. The number of carbonyl (C=O) groups is 2. The highest BCUT2D eigenvalue weighted by Gasteiger charge is 2.38. The number of nitrogens with zero attached hydrogens (tertiary/aromatic N) is 4. The van der Waals surface area contributed by atoms with Crippen molar-refractivity contribution < 1.29 is 18.0 Å². The van der Waals surface area contributed by atoms with Gasteiger partial charge in [0.25, 0.3) is 0 Å². The molecular formula is C20H30N4O4S. The zero-order chi connectivity index (χ0) is 21.0. The minimum atomic E-state index is -3.14. The maximum atomic E-state index is 13.0. The number of carbonyl (C=O) groups excluding carboxylic acids is 2. The molecule has 0 aliphatic carbocycles. The molecule has 2 amide bonds. The van der Waals surface area contributed by atoms with Crippen LogP contribution in [0.1, 0.15) is 6.42 Å². The quantitative estimate of drug-likeness (QED) is 0.617. The van der Waals surface area contributed by atoms with Crippen molar-refractivity contribution in [2.24, 2.45) is 0 Å². The van der Waals surface area contributed by atoms with Gasteiger partial charge in [0.05, 0.1) is 11.5 Å². The van der Waals surface area contributed by atoms with Gasteiger partial charge in [-0.15, -0.1) is 0 Å². The molecule has 160 valence electrons. The molecule has 2 heterocycles. The lowest BCUT2D eigenvalue weighted by Crippen LogP contribution is -2.55. The maximum Gasteiger partial charge on any atom is 0.312 e. The van der Waals surface area contributed by atoms with E-state index in [1.54, 1.807) is 4.90 Å². The number of piperazine rings is 1. The number of benzene rings is 1. The SMILES string of the molecule is CN(C)CCN(C(=O)C(=O)N1CCN(c2ccccc2)CC1)C1CCS(=O)(=O)C1. The summed E-state index contributed by atoms with van der Waals surface area (Å²) in [4.78, 5) is 33.1. The van der Waals surface area contributed by atoms with Crippen molar-refractivity contribution in [3.8, 4) is 0 Å². The van der Waals surface area contributed by atoms with Gasteiger partial charge in [-0.3, -0.25) is 9.59 Å². The number of hydrogen-bond acceptors (Lipinski definition) is 6. The summed E-state index contributed by atoms with van der Waals surface area (Å²) in [6, 6.07) is 9.58. The molecular weight excluding hydrogens is 392 g/mol. The Labute approximate surface area is 173 Å². The van der Waals surface area contributed by atoms with Gasteiger partial charge in [-0.05, 0) is 32.6 Å². The van der Waals surface area contributed by atoms with Crippen molar-refractivity contribution in [3.05, 3.63) is 30.3 Å². The Morgan fingerprint density at radius 2 is 1.69 bits per heavy atom. The van der Waals surface area contributed by atoms with E-state index in [1.165, 1.54) is 4.90 Å². The van der Waals surface area contributed by atoms with E-state index in [-0.39, 0.29) is 11.5 Å². The van der Waals surface area contributed by atoms with Crippen molar-refractivity contribution in [1.82, 2.24) is 14.7 Å². The molecule has 9 heteroatoms. The summed E-state index contributed by atoms with van der Waals surface area (Å²) in [5.41, 5.74) is 1.11. The molecule has 0 N–H and O–H groups in total. The first-order valence-electron chi connectivity index (χ1n) is 10.0. The first-order chi connectivity index (χ1) is 13.8. The van der Waals surface area contributed by atoms with E-state index in [2.05, 4.69) is 4.90 Å². The second kappa shape index (κ2) is 9.13. The van der Waals surface area contributed by atoms with E-state index in [1.807, 2.05) is 49.3 Å². The van der Waals surface area contributed by atoms with Gasteiger partial charge < -0.3 is 19.6 Å². The lowest BCUT2D eigenvalue weighted by molar-refractivity contribution is -0.153. The Morgan fingerprint density at radius 3 is 2.24 bits per heavy atom. The van der Waals surface area contributed by atoms with Crippen LogP contribution in [0.3, 0.4) is 0 Å². The molecule has 1 unspecified atom stereocenters.